The Morgan fingerprint density at radius 2 is 2.29 bits per heavy atom. The average Bonchev–Trinajstić information content (AvgIpc) is 2.68. The molecule has 0 saturated carbocycles. The molecule has 2 aliphatic heterocycles. The van der Waals surface area contributed by atoms with Gasteiger partial charge in [0, 0.05) is 12.5 Å². The Morgan fingerprint density at radius 1 is 1.57 bits per heavy atom. The number of carbonyl (C=O) groups is 1. The number of nitrogens with zero attached hydrogens (tertiary/aromatic N) is 1. The number of hydrogen-bond donors (Lipinski definition) is 0. The number of likely N-dealkylation sites (tertiary alicyclic amines) is 1. The number of halogens is 1. The second kappa shape index (κ2) is 3.38. The predicted molar refractivity (Wildman–Crippen MR) is 54.3 cm³/mol. The highest BCUT2D eigenvalue weighted by Gasteiger charge is 2.51. The molecular formula is C10H16ClNO2. The van der Waals surface area contributed by atoms with Crippen molar-refractivity contribution in [1.82, 2.24) is 4.90 Å². The number of hydrogen-bond acceptors (Lipinski definition) is 2. The van der Waals surface area contributed by atoms with Crippen LogP contribution in [-0.4, -0.2) is 42.5 Å². The molecule has 0 aliphatic carbocycles. The average molecular weight is 218 g/mol. The van der Waals surface area contributed by atoms with E-state index in [1.807, 2.05) is 4.90 Å². The van der Waals surface area contributed by atoms with Crippen LogP contribution in [0.1, 0.15) is 13.8 Å². The van der Waals surface area contributed by atoms with Crippen LogP contribution in [0.2, 0.25) is 0 Å². The lowest BCUT2D eigenvalue weighted by Gasteiger charge is -2.23. The van der Waals surface area contributed by atoms with Crippen molar-refractivity contribution >= 4 is 17.5 Å². The summed E-state index contributed by atoms with van der Waals surface area (Å²) in [6.07, 6.45) is 0. The summed E-state index contributed by atoms with van der Waals surface area (Å²) in [7, 11) is 0. The lowest BCUT2D eigenvalue weighted by atomic mass is 9.80. The zero-order valence-electron chi connectivity index (χ0n) is 8.62. The van der Waals surface area contributed by atoms with Gasteiger partial charge in [-0.3, -0.25) is 4.79 Å². The first-order chi connectivity index (χ1) is 6.56. The van der Waals surface area contributed by atoms with Crippen molar-refractivity contribution < 1.29 is 9.53 Å². The van der Waals surface area contributed by atoms with Crippen LogP contribution in [0.3, 0.4) is 0 Å². The molecule has 2 saturated heterocycles. The summed E-state index contributed by atoms with van der Waals surface area (Å²) in [6.45, 7) is 6.67. The fourth-order valence-electron chi connectivity index (χ4n) is 2.62. The topological polar surface area (TPSA) is 29.5 Å². The van der Waals surface area contributed by atoms with Crippen LogP contribution in [0.15, 0.2) is 0 Å². The molecule has 2 rings (SSSR count). The van der Waals surface area contributed by atoms with Gasteiger partial charge in [-0.25, -0.2) is 0 Å². The first-order valence-electron chi connectivity index (χ1n) is 4.99. The summed E-state index contributed by atoms with van der Waals surface area (Å²) in [5.41, 5.74) is 0.170. The van der Waals surface area contributed by atoms with E-state index < -0.39 is 0 Å². The fourth-order valence-corrected chi connectivity index (χ4v) is 2.77. The third kappa shape index (κ3) is 1.43. The quantitative estimate of drug-likeness (QED) is 0.616. The van der Waals surface area contributed by atoms with E-state index in [-0.39, 0.29) is 23.2 Å². The highest BCUT2D eigenvalue weighted by atomic mass is 35.5. The molecule has 0 aromatic rings. The van der Waals surface area contributed by atoms with Crippen molar-refractivity contribution in [2.24, 2.45) is 11.3 Å². The molecule has 1 amide bonds. The molecule has 14 heavy (non-hydrogen) atoms. The van der Waals surface area contributed by atoms with Crippen LogP contribution in [0.4, 0.5) is 0 Å². The van der Waals surface area contributed by atoms with Crippen molar-refractivity contribution in [1.29, 1.82) is 0 Å². The minimum absolute atomic E-state index is 0.0396. The van der Waals surface area contributed by atoms with E-state index in [1.54, 1.807) is 0 Å². The fraction of sp³-hybridized carbons (Fsp3) is 0.900. The molecule has 3 nitrogen and oxygen atoms in total. The van der Waals surface area contributed by atoms with Gasteiger partial charge in [-0.2, -0.15) is 0 Å². The number of amides is 1. The van der Waals surface area contributed by atoms with Crippen molar-refractivity contribution in [2.45, 2.75) is 19.9 Å². The monoisotopic (exact) mass is 217 g/mol. The molecule has 0 aromatic heterocycles. The molecule has 0 aromatic carbocycles. The molecule has 0 bridgehead atoms. The Hall–Kier alpha value is -0.280. The summed E-state index contributed by atoms with van der Waals surface area (Å²) in [6, 6.07) is 0.260. The largest absolute Gasteiger partial charge is 0.379 e. The molecular weight excluding hydrogens is 202 g/mol. The summed E-state index contributed by atoms with van der Waals surface area (Å²) >= 11 is 5.58. The Morgan fingerprint density at radius 3 is 2.93 bits per heavy atom. The standard InChI is InChI=1S/C10H16ClNO2/c1-10(2)6-12(9(13)3-11)8-5-14-4-7(8)10/h7-8H,3-6H2,1-2H3/t7-,8+/m0/s1. The SMILES string of the molecule is CC1(C)CN(C(=O)CCl)[C@@H]2COC[C@@H]21. The highest BCUT2D eigenvalue weighted by molar-refractivity contribution is 6.27. The normalized spacial score (nSPS) is 34.6. The van der Waals surface area contributed by atoms with Gasteiger partial charge in [-0.05, 0) is 5.41 Å². The van der Waals surface area contributed by atoms with Gasteiger partial charge in [0.25, 0.3) is 0 Å². The molecule has 0 N–H and O–H groups in total. The highest BCUT2D eigenvalue weighted by Crippen LogP contribution is 2.43. The minimum Gasteiger partial charge on any atom is -0.379 e. The summed E-state index contributed by atoms with van der Waals surface area (Å²) in [5, 5.41) is 0. The maximum Gasteiger partial charge on any atom is 0.237 e. The van der Waals surface area contributed by atoms with Gasteiger partial charge in [-0.15, -0.1) is 11.6 Å². The number of rotatable bonds is 1. The van der Waals surface area contributed by atoms with Gasteiger partial charge >= 0.3 is 0 Å². The number of alkyl halides is 1. The predicted octanol–water partition coefficient (Wildman–Crippen LogP) is 1.11. The van der Waals surface area contributed by atoms with Gasteiger partial charge < -0.3 is 9.64 Å². The third-order valence-corrected chi connectivity index (χ3v) is 3.70. The van der Waals surface area contributed by atoms with Crippen molar-refractivity contribution in [3.8, 4) is 0 Å². The van der Waals surface area contributed by atoms with E-state index in [9.17, 15) is 4.79 Å². The van der Waals surface area contributed by atoms with Gasteiger partial charge in [0.1, 0.15) is 5.88 Å². The van der Waals surface area contributed by atoms with Gasteiger partial charge in [0.2, 0.25) is 5.91 Å². The van der Waals surface area contributed by atoms with E-state index in [1.165, 1.54) is 0 Å². The third-order valence-electron chi connectivity index (χ3n) is 3.47. The molecule has 4 heteroatoms. The summed E-state index contributed by atoms with van der Waals surface area (Å²) in [5.74, 6) is 0.603. The van der Waals surface area contributed by atoms with E-state index in [4.69, 9.17) is 16.3 Å². The zero-order chi connectivity index (χ0) is 10.3. The summed E-state index contributed by atoms with van der Waals surface area (Å²) < 4.78 is 5.44. The molecule has 2 aliphatic rings. The van der Waals surface area contributed by atoms with Crippen molar-refractivity contribution in [2.75, 3.05) is 25.6 Å². The van der Waals surface area contributed by atoms with E-state index in [2.05, 4.69) is 13.8 Å². The van der Waals surface area contributed by atoms with Crippen LogP contribution < -0.4 is 0 Å². The second-order valence-electron chi connectivity index (χ2n) is 4.86. The van der Waals surface area contributed by atoms with Crippen LogP contribution in [0, 0.1) is 11.3 Å². The lowest BCUT2D eigenvalue weighted by molar-refractivity contribution is -0.130. The number of ether oxygens (including phenoxy) is 1. The molecule has 2 heterocycles. The smallest absolute Gasteiger partial charge is 0.237 e. The van der Waals surface area contributed by atoms with Gasteiger partial charge in [0.05, 0.1) is 19.3 Å². The number of fused-ring (bicyclic) bond motifs is 1. The molecule has 2 fully saturated rings. The Kier molecular flexibility index (Phi) is 2.48. The van der Waals surface area contributed by atoms with Crippen LogP contribution in [0.25, 0.3) is 0 Å². The molecule has 2 atom stereocenters. The van der Waals surface area contributed by atoms with Crippen LogP contribution >= 0.6 is 11.6 Å². The Balaban J connectivity index is 2.18. The molecule has 0 radical (unpaired) electrons. The summed E-state index contributed by atoms with van der Waals surface area (Å²) in [4.78, 5) is 13.5. The second-order valence-corrected chi connectivity index (χ2v) is 5.12. The van der Waals surface area contributed by atoms with E-state index >= 15 is 0 Å². The van der Waals surface area contributed by atoms with E-state index in [0.717, 1.165) is 13.2 Å². The lowest BCUT2D eigenvalue weighted by Crippen LogP contribution is -2.38. The molecule has 0 unspecified atom stereocenters. The maximum absolute atomic E-state index is 11.6. The minimum atomic E-state index is 0.0396. The Bertz CT molecular complexity index is 255. The van der Waals surface area contributed by atoms with Gasteiger partial charge in [-0.1, -0.05) is 13.8 Å². The molecule has 0 spiro atoms. The maximum atomic E-state index is 11.6. The van der Waals surface area contributed by atoms with Crippen LogP contribution in [0.5, 0.6) is 0 Å². The first-order valence-corrected chi connectivity index (χ1v) is 5.53. The number of carbonyl (C=O) groups excluding carboxylic acids is 1. The molecule has 80 valence electrons. The van der Waals surface area contributed by atoms with Crippen molar-refractivity contribution in [3.63, 3.8) is 0 Å². The Labute approximate surface area is 89.4 Å². The van der Waals surface area contributed by atoms with Crippen LogP contribution in [-0.2, 0) is 9.53 Å². The van der Waals surface area contributed by atoms with E-state index in [0.29, 0.717) is 12.5 Å². The zero-order valence-corrected chi connectivity index (χ0v) is 9.38. The van der Waals surface area contributed by atoms with Crippen molar-refractivity contribution in [3.05, 3.63) is 0 Å². The van der Waals surface area contributed by atoms with Gasteiger partial charge in [0.15, 0.2) is 0 Å². The first kappa shape index (κ1) is 10.2.